The molecule has 0 saturated heterocycles. The van der Waals surface area contributed by atoms with Gasteiger partial charge in [0, 0.05) is 6.42 Å². The van der Waals surface area contributed by atoms with Crippen LogP contribution in [0.15, 0.2) is 24.3 Å². The summed E-state index contributed by atoms with van der Waals surface area (Å²) in [7, 11) is 1.25. The first kappa shape index (κ1) is 53.0. The van der Waals surface area contributed by atoms with E-state index in [0.717, 1.165) is 38.5 Å². The molecule has 0 aliphatic heterocycles. The van der Waals surface area contributed by atoms with Crippen molar-refractivity contribution in [2.75, 3.05) is 40.9 Å². The molecule has 0 aromatic carbocycles. The molecule has 0 aliphatic carbocycles. The van der Waals surface area contributed by atoms with Gasteiger partial charge < -0.3 is 28.8 Å². The van der Waals surface area contributed by atoms with Gasteiger partial charge >= 0.3 is 0 Å². The van der Waals surface area contributed by atoms with Gasteiger partial charge in [-0.1, -0.05) is 192 Å². The molecular weight excluding hydrogens is 695 g/mol. The Bertz CT molecular complexity index is 938. The average molecular weight is 785 g/mol. The van der Waals surface area contributed by atoms with Crippen LogP contribution in [0, 0.1) is 0 Å². The van der Waals surface area contributed by atoms with E-state index in [1.54, 1.807) is 6.08 Å². The van der Waals surface area contributed by atoms with Crippen molar-refractivity contribution >= 4 is 13.7 Å². The fraction of sp³-hybridized carbons (Fsp3) is 0.889. The number of allylic oxidation sites excluding steroid dienone is 3. The van der Waals surface area contributed by atoms with Gasteiger partial charge in [-0.05, 0) is 32.1 Å². The Kier molecular flexibility index (Phi) is 36.8. The fourth-order valence-corrected chi connectivity index (χ4v) is 7.24. The number of phosphoric ester groups is 1. The van der Waals surface area contributed by atoms with Crippen molar-refractivity contribution < 1.29 is 32.9 Å². The van der Waals surface area contributed by atoms with Crippen molar-refractivity contribution in [3.63, 3.8) is 0 Å². The second kappa shape index (κ2) is 37.6. The van der Waals surface area contributed by atoms with Crippen LogP contribution in [0.4, 0.5) is 0 Å². The SMILES string of the molecule is CCCCCCCCCC/C=C/CC/C=C/C(O)C(COP(=O)([O-])OCC[N+](C)(C)C)NC(=O)CCCCCCCCCCCCCCCCCCCC. The van der Waals surface area contributed by atoms with E-state index in [4.69, 9.17) is 9.05 Å². The van der Waals surface area contributed by atoms with Crippen molar-refractivity contribution in [2.24, 2.45) is 0 Å². The first-order valence-corrected chi connectivity index (χ1v) is 24.2. The molecule has 0 heterocycles. The van der Waals surface area contributed by atoms with Gasteiger partial charge in [-0.2, -0.15) is 0 Å². The van der Waals surface area contributed by atoms with Gasteiger partial charge in [-0.3, -0.25) is 9.36 Å². The van der Waals surface area contributed by atoms with E-state index in [-0.39, 0.29) is 19.1 Å². The molecule has 0 radical (unpaired) electrons. The second-order valence-corrected chi connectivity index (χ2v) is 18.2. The third-order valence-corrected chi connectivity index (χ3v) is 11.1. The number of rotatable bonds is 41. The molecule has 0 aromatic heterocycles. The summed E-state index contributed by atoms with van der Waals surface area (Å²) >= 11 is 0. The maximum Gasteiger partial charge on any atom is 0.268 e. The van der Waals surface area contributed by atoms with Crippen LogP contribution in [0.25, 0.3) is 0 Å². The Morgan fingerprint density at radius 1 is 0.630 bits per heavy atom. The zero-order valence-electron chi connectivity index (χ0n) is 36.2. The highest BCUT2D eigenvalue weighted by molar-refractivity contribution is 7.45. The number of aliphatic hydroxyl groups is 1. The van der Waals surface area contributed by atoms with E-state index in [0.29, 0.717) is 17.4 Å². The minimum atomic E-state index is -4.59. The van der Waals surface area contributed by atoms with E-state index >= 15 is 0 Å². The Morgan fingerprint density at radius 3 is 1.50 bits per heavy atom. The van der Waals surface area contributed by atoms with E-state index in [9.17, 15) is 19.4 Å². The number of carbonyl (C=O) groups is 1. The molecule has 0 spiro atoms. The number of nitrogens with one attached hydrogen (secondary N) is 1. The quantitative estimate of drug-likeness (QED) is 0.0277. The molecule has 0 bridgehead atoms. The first-order chi connectivity index (χ1) is 26.0. The molecule has 8 nitrogen and oxygen atoms in total. The Morgan fingerprint density at radius 2 is 1.04 bits per heavy atom. The van der Waals surface area contributed by atoms with Gasteiger partial charge in [0.1, 0.15) is 13.2 Å². The number of quaternary nitrogens is 1. The third-order valence-electron chi connectivity index (χ3n) is 10.2. The molecule has 54 heavy (non-hydrogen) atoms. The normalized spacial score (nSPS) is 14.6. The molecule has 3 unspecified atom stereocenters. The van der Waals surface area contributed by atoms with E-state index < -0.39 is 20.0 Å². The number of carbonyl (C=O) groups excluding carboxylic acids is 1. The Balaban J connectivity index is 4.40. The molecule has 0 aromatic rings. The maximum absolute atomic E-state index is 12.8. The maximum atomic E-state index is 12.8. The number of likely N-dealkylation sites (N-methyl/N-ethyl adjacent to an activating group) is 1. The summed E-state index contributed by atoms with van der Waals surface area (Å²) < 4.78 is 23.2. The average Bonchev–Trinajstić information content (AvgIpc) is 3.12. The fourth-order valence-electron chi connectivity index (χ4n) is 6.52. The smallest absolute Gasteiger partial charge is 0.268 e. The van der Waals surface area contributed by atoms with E-state index in [1.807, 2.05) is 27.2 Å². The summed E-state index contributed by atoms with van der Waals surface area (Å²) in [5.41, 5.74) is 0. The van der Waals surface area contributed by atoms with Crippen LogP contribution in [0.5, 0.6) is 0 Å². The molecular formula is C45H89N2O6P. The Hall–Kier alpha value is -1.02. The predicted molar refractivity (Wildman–Crippen MR) is 228 cm³/mol. The van der Waals surface area contributed by atoms with Gasteiger partial charge in [-0.15, -0.1) is 0 Å². The Labute approximate surface area is 334 Å². The highest BCUT2D eigenvalue weighted by Crippen LogP contribution is 2.38. The number of amides is 1. The number of hydrogen-bond acceptors (Lipinski definition) is 6. The number of unbranched alkanes of at least 4 members (excludes halogenated alkanes) is 26. The van der Waals surface area contributed by atoms with Crippen LogP contribution < -0.4 is 10.2 Å². The highest BCUT2D eigenvalue weighted by Gasteiger charge is 2.23. The van der Waals surface area contributed by atoms with Crippen LogP contribution in [0.2, 0.25) is 0 Å². The monoisotopic (exact) mass is 785 g/mol. The molecule has 0 rings (SSSR count). The van der Waals surface area contributed by atoms with Gasteiger partial charge in [0.05, 0.1) is 39.9 Å². The number of aliphatic hydroxyl groups excluding tert-OH is 1. The molecule has 0 fully saturated rings. The number of nitrogens with zero attached hydrogens (tertiary/aromatic N) is 1. The lowest BCUT2D eigenvalue weighted by molar-refractivity contribution is -0.870. The van der Waals surface area contributed by atoms with Crippen LogP contribution in [-0.4, -0.2) is 68.5 Å². The lowest BCUT2D eigenvalue weighted by Gasteiger charge is -2.29. The zero-order valence-corrected chi connectivity index (χ0v) is 37.1. The van der Waals surface area contributed by atoms with Crippen LogP contribution >= 0.6 is 7.82 Å². The molecule has 320 valence electrons. The standard InChI is InChI=1S/C45H89N2O6P/c1-6-8-10-12-14-16-18-20-22-23-24-25-27-29-31-33-35-37-39-45(49)46-43(42-53-54(50,51)52-41-40-47(3,4)5)44(48)38-36-34-32-30-28-26-21-19-17-15-13-11-9-7-2/h28,30,36,38,43-44,48H,6-27,29,31-35,37,39-42H2,1-5H3,(H-,46,49,50,51)/b30-28+,38-36+. The predicted octanol–water partition coefficient (Wildman–Crippen LogP) is 11.9. The summed E-state index contributed by atoms with van der Waals surface area (Å²) in [6.07, 6.45) is 43.7. The van der Waals surface area contributed by atoms with Crippen molar-refractivity contribution in [1.82, 2.24) is 5.32 Å². The number of phosphoric acid groups is 1. The summed E-state index contributed by atoms with van der Waals surface area (Å²) in [4.78, 5) is 25.3. The van der Waals surface area contributed by atoms with Crippen LogP contribution in [-0.2, 0) is 18.4 Å². The lowest BCUT2D eigenvalue weighted by Crippen LogP contribution is -2.45. The third kappa shape index (κ3) is 39.2. The molecule has 1 amide bonds. The summed E-state index contributed by atoms with van der Waals surface area (Å²) in [6, 6.07) is -0.897. The van der Waals surface area contributed by atoms with Gasteiger partial charge in [0.15, 0.2) is 0 Å². The summed E-state index contributed by atoms with van der Waals surface area (Å²) in [5, 5.41) is 13.7. The molecule has 9 heteroatoms. The largest absolute Gasteiger partial charge is 0.756 e. The van der Waals surface area contributed by atoms with Crippen molar-refractivity contribution in [3.8, 4) is 0 Å². The van der Waals surface area contributed by atoms with Crippen molar-refractivity contribution in [3.05, 3.63) is 24.3 Å². The topological polar surface area (TPSA) is 108 Å². The van der Waals surface area contributed by atoms with Gasteiger partial charge in [0.2, 0.25) is 5.91 Å². The van der Waals surface area contributed by atoms with Crippen LogP contribution in [0.3, 0.4) is 0 Å². The molecule has 2 N–H and O–H groups in total. The highest BCUT2D eigenvalue weighted by atomic mass is 31.2. The van der Waals surface area contributed by atoms with Crippen LogP contribution in [0.1, 0.15) is 206 Å². The minimum Gasteiger partial charge on any atom is -0.756 e. The van der Waals surface area contributed by atoms with Gasteiger partial charge in [0.25, 0.3) is 7.82 Å². The lowest BCUT2D eigenvalue weighted by atomic mass is 10.0. The second-order valence-electron chi connectivity index (χ2n) is 16.8. The van der Waals surface area contributed by atoms with Crippen molar-refractivity contribution in [2.45, 2.75) is 219 Å². The van der Waals surface area contributed by atoms with E-state index in [2.05, 4.69) is 31.3 Å². The summed E-state index contributed by atoms with van der Waals surface area (Å²) in [6.45, 7) is 4.63. The van der Waals surface area contributed by atoms with Gasteiger partial charge in [-0.25, -0.2) is 0 Å². The van der Waals surface area contributed by atoms with Crippen molar-refractivity contribution in [1.29, 1.82) is 0 Å². The van der Waals surface area contributed by atoms with E-state index in [1.165, 1.54) is 148 Å². The molecule has 3 atom stereocenters. The molecule has 0 saturated carbocycles. The summed E-state index contributed by atoms with van der Waals surface area (Å²) in [5.74, 6) is -0.205. The minimum absolute atomic E-state index is 0.00428. The zero-order chi connectivity index (χ0) is 40.0. The molecule has 0 aliphatic rings. The first-order valence-electron chi connectivity index (χ1n) is 22.7. The number of hydrogen-bond donors (Lipinski definition) is 2.